The van der Waals surface area contributed by atoms with Crippen LogP contribution in [0.1, 0.15) is 83.8 Å². The number of piperidine rings is 1. The number of carbonyl (C=O) groups excluding carboxylic acids is 1. The van der Waals surface area contributed by atoms with Crippen molar-refractivity contribution < 1.29 is 23.4 Å². The number of hydrogen-bond donors (Lipinski definition) is 0. The third-order valence-corrected chi connectivity index (χ3v) is 21.2. The molecule has 3 aromatic rings. The Morgan fingerprint density at radius 2 is 1.48 bits per heavy atom. The molecular weight excluding hydrogens is 888 g/mol. The third-order valence-electron chi connectivity index (χ3n) is 11.3. The Balaban J connectivity index is 1.54. The number of carbonyl (C=O) groups is 1. The molecule has 5 heterocycles. The second-order valence-corrected chi connectivity index (χ2v) is 39.0. The molecular formula is C40H69IN6O5SSi3. The van der Waals surface area contributed by atoms with Gasteiger partial charge in [0.1, 0.15) is 24.1 Å². The minimum atomic E-state index is -1.94. The molecule has 0 aromatic carbocycles. The molecule has 2 saturated heterocycles. The van der Waals surface area contributed by atoms with E-state index in [1.807, 2.05) is 42.6 Å². The van der Waals surface area contributed by atoms with Crippen molar-refractivity contribution >= 4 is 76.0 Å². The van der Waals surface area contributed by atoms with Crippen molar-refractivity contribution in [2.24, 2.45) is 0 Å². The van der Waals surface area contributed by atoms with Crippen LogP contribution in [0.15, 0.2) is 12.4 Å². The Morgan fingerprint density at radius 3 is 2.00 bits per heavy atom. The molecule has 2 bridgehead atoms. The molecule has 3 atom stereocenters. The lowest BCUT2D eigenvalue weighted by Crippen LogP contribution is -2.48. The van der Waals surface area contributed by atoms with Crippen molar-refractivity contribution in [3.05, 3.63) is 26.7 Å². The highest BCUT2D eigenvalue weighted by atomic mass is 127. The number of amides is 1. The smallest absolute Gasteiger partial charge is 0.410 e. The van der Waals surface area contributed by atoms with Crippen LogP contribution in [0.2, 0.25) is 69.5 Å². The van der Waals surface area contributed by atoms with E-state index in [9.17, 15) is 4.79 Å². The highest BCUT2D eigenvalue weighted by molar-refractivity contribution is 14.1. The molecule has 0 N–H and O–H groups in total. The SMILES string of the molecule is CC(C)(C)OC(=O)N1[C@@H]2CC[C@H]1CC(c1nc3c(-c4cnc(CO[Si](C)(C)C(C)(C)C)s4)cnn3c(N(COCC[Si](C)(C)C)COCC[Si](C)(C)C)c1I)C2. The lowest BCUT2D eigenvalue weighted by atomic mass is 9.88. The maximum atomic E-state index is 13.4. The van der Waals surface area contributed by atoms with Gasteiger partial charge in [0.25, 0.3) is 0 Å². The Labute approximate surface area is 357 Å². The fraction of sp³-hybridized carbons (Fsp3) is 0.750. The van der Waals surface area contributed by atoms with Crippen LogP contribution in [0, 0.1) is 3.57 Å². The van der Waals surface area contributed by atoms with Crippen LogP contribution >= 0.6 is 33.9 Å². The maximum Gasteiger partial charge on any atom is 0.410 e. The average Bonchev–Trinajstić information content (AvgIpc) is 3.76. The lowest BCUT2D eigenvalue weighted by Gasteiger charge is -2.39. The first-order chi connectivity index (χ1) is 25.8. The molecule has 0 radical (unpaired) electrons. The van der Waals surface area contributed by atoms with Crippen LogP contribution in [-0.4, -0.2) is 99.4 Å². The van der Waals surface area contributed by atoms with Gasteiger partial charge in [0, 0.05) is 53.6 Å². The first-order valence-electron chi connectivity index (χ1n) is 20.4. The van der Waals surface area contributed by atoms with Crippen LogP contribution in [0.3, 0.4) is 0 Å². The molecule has 11 nitrogen and oxygen atoms in total. The van der Waals surface area contributed by atoms with Crippen molar-refractivity contribution in [1.82, 2.24) is 24.5 Å². The molecule has 0 spiro atoms. The summed E-state index contributed by atoms with van der Waals surface area (Å²) < 4.78 is 28.4. The third kappa shape index (κ3) is 11.7. The molecule has 1 unspecified atom stereocenters. The standard InChI is InChI=1S/C40H69IN6O5SSi3/c1-39(2,3)52-38(48)46-29-15-16-30(46)22-28(21-29)35-34(41)37(45(26-49-17-19-54(7,8)9)27-50-18-20-55(10,11)12)47-36(44-35)31(23-43-47)32-24-42-33(53-32)25-51-56(13,14)40(4,5)6/h23-24,28-30H,15-22,25-27H2,1-14H3/t28?,29-,30+. The summed E-state index contributed by atoms with van der Waals surface area (Å²) in [5.74, 6) is 1.10. The van der Waals surface area contributed by atoms with Crippen LogP contribution in [0.4, 0.5) is 10.6 Å². The van der Waals surface area contributed by atoms with E-state index in [0.717, 1.165) is 73.9 Å². The molecule has 56 heavy (non-hydrogen) atoms. The Bertz CT molecular complexity index is 1780. The summed E-state index contributed by atoms with van der Waals surface area (Å²) in [7, 11) is -4.52. The second-order valence-electron chi connectivity index (χ2n) is 20.8. The number of fused-ring (bicyclic) bond motifs is 3. The van der Waals surface area contributed by atoms with Gasteiger partial charge in [0.2, 0.25) is 0 Å². The first kappa shape index (κ1) is 45.7. The molecule has 1 amide bonds. The number of aromatic nitrogens is 4. The number of hydrogen-bond acceptors (Lipinski definition) is 10. The van der Waals surface area contributed by atoms with Gasteiger partial charge in [0.15, 0.2) is 19.8 Å². The fourth-order valence-corrected chi connectivity index (χ4v) is 11.4. The number of halogens is 1. The van der Waals surface area contributed by atoms with Gasteiger partial charge in [-0.15, -0.1) is 11.3 Å². The highest BCUT2D eigenvalue weighted by Gasteiger charge is 2.46. The summed E-state index contributed by atoms with van der Waals surface area (Å²) in [5, 5.41) is 6.10. The van der Waals surface area contributed by atoms with Gasteiger partial charge < -0.3 is 28.4 Å². The Morgan fingerprint density at radius 1 is 0.911 bits per heavy atom. The van der Waals surface area contributed by atoms with Crippen LogP contribution < -0.4 is 4.90 Å². The Kier molecular flexibility index (Phi) is 14.4. The highest BCUT2D eigenvalue weighted by Crippen LogP contribution is 2.46. The zero-order valence-electron chi connectivity index (χ0n) is 36.7. The molecule has 16 heteroatoms. The van der Waals surface area contributed by atoms with Gasteiger partial charge >= 0.3 is 6.09 Å². The number of thiazole rings is 1. The van der Waals surface area contributed by atoms with Gasteiger partial charge in [0.05, 0.1) is 32.5 Å². The normalized spacial score (nSPS) is 19.6. The van der Waals surface area contributed by atoms with Gasteiger partial charge in [-0.3, -0.25) is 0 Å². The molecule has 314 valence electrons. The lowest BCUT2D eigenvalue weighted by molar-refractivity contribution is 0.00565. The largest absolute Gasteiger partial charge is 0.444 e. The number of rotatable bonds is 16. The summed E-state index contributed by atoms with van der Waals surface area (Å²) in [6, 6.07) is 2.41. The maximum absolute atomic E-state index is 13.4. The predicted molar refractivity (Wildman–Crippen MR) is 246 cm³/mol. The van der Waals surface area contributed by atoms with Gasteiger partial charge in [-0.05, 0) is 99.3 Å². The summed E-state index contributed by atoms with van der Waals surface area (Å²) in [5.41, 5.74) is 2.27. The zero-order chi connectivity index (χ0) is 41.4. The van der Waals surface area contributed by atoms with E-state index < -0.39 is 30.1 Å². The minimum absolute atomic E-state index is 0.117. The zero-order valence-corrected chi connectivity index (χ0v) is 42.6. The fourth-order valence-electron chi connectivity index (χ4n) is 6.93. The summed E-state index contributed by atoms with van der Waals surface area (Å²) in [6.07, 6.45) is 7.32. The molecule has 2 aliphatic heterocycles. The van der Waals surface area contributed by atoms with E-state index in [-0.39, 0.29) is 29.1 Å². The average molecular weight is 957 g/mol. The quantitative estimate of drug-likeness (QED) is 0.0601. The van der Waals surface area contributed by atoms with Crippen molar-refractivity contribution in [3.8, 4) is 10.4 Å². The van der Waals surface area contributed by atoms with E-state index in [2.05, 4.69) is 101 Å². The van der Waals surface area contributed by atoms with Gasteiger partial charge in [-0.1, -0.05) is 60.1 Å². The molecule has 2 aliphatic rings. The molecule has 0 aliphatic carbocycles. The van der Waals surface area contributed by atoms with E-state index >= 15 is 0 Å². The first-order valence-corrected chi connectivity index (χ1v) is 32.6. The van der Waals surface area contributed by atoms with Crippen molar-refractivity contribution in [2.75, 3.05) is 31.6 Å². The predicted octanol–water partition coefficient (Wildman–Crippen LogP) is 11.1. The van der Waals surface area contributed by atoms with Gasteiger partial charge in [-0.25, -0.2) is 14.8 Å². The summed E-state index contributed by atoms with van der Waals surface area (Å²) in [6.45, 7) is 34.1. The van der Waals surface area contributed by atoms with Crippen LogP contribution in [0.25, 0.3) is 16.1 Å². The van der Waals surface area contributed by atoms with E-state index in [1.54, 1.807) is 11.3 Å². The molecule has 3 aromatic heterocycles. The summed E-state index contributed by atoms with van der Waals surface area (Å²) >= 11 is 4.14. The van der Waals surface area contributed by atoms with Crippen molar-refractivity contribution in [2.45, 2.75) is 167 Å². The number of anilines is 1. The second kappa shape index (κ2) is 17.7. The number of nitrogens with zero attached hydrogens (tertiary/aromatic N) is 6. The van der Waals surface area contributed by atoms with Crippen molar-refractivity contribution in [3.63, 3.8) is 0 Å². The Hall–Kier alpha value is -1.42. The van der Waals surface area contributed by atoms with E-state index in [4.69, 9.17) is 33.7 Å². The monoisotopic (exact) mass is 956 g/mol. The van der Waals surface area contributed by atoms with Crippen LogP contribution in [0.5, 0.6) is 0 Å². The van der Waals surface area contributed by atoms with Gasteiger partial charge in [-0.2, -0.15) is 9.61 Å². The topological polar surface area (TPSA) is 104 Å². The van der Waals surface area contributed by atoms with Crippen LogP contribution in [-0.2, 0) is 25.2 Å². The minimum Gasteiger partial charge on any atom is -0.444 e. The number of ether oxygens (including phenoxy) is 3. The molecule has 5 rings (SSSR count). The van der Waals surface area contributed by atoms with E-state index in [1.165, 1.54) is 0 Å². The van der Waals surface area contributed by atoms with Crippen molar-refractivity contribution in [1.29, 1.82) is 0 Å². The van der Waals surface area contributed by atoms with E-state index in [0.29, 0.717) is 33.3 Å². The summed E-state index contributed by atoms with van der Waals surface area (Å²) in [4.78, 5) is 29.0. The molecule has 2 fully saturated rings. The molecule has 0 saturated carbocycles.